The van der Waals surface area contributed by atoms with Crippen LogP contribution in [0.5, 0.6) is 5.75 Å². The van der Waals surface area contributed by atoms with Gasteiger partial charge < -0.3 is 52.6 Å². The summed E-state index contributed by atoms with van der Waals surface area (Å²) in [7, 11) is 1.55. The van der Waals surface area contributed by atoms with Crippen LogP contribution < -0.4 is 4.74 Å². The van der Waals surface area contributed by atoms with Crippen LogP contribution in [0.3, 0.4) is 0 Å². The molecule has 0 aliphatic carbocycles. The second kappa shape index (κ2) is 28.1. The second-order valence-electron chi connectivity index (χ2n) is 13.0. The van der Waals surface area contributed by atoms with Gasteiger partial charge in [0.05, 0.1) is 130 Å². The van der Waals surface area contributed by atoms with Crippen LogP contribution in [-0.2, 0) is 63.7 Å². The maximum Gasteiger partial charge on any atom is 0.335 e. The van der Waals surface area contributed by atoms with E-state index in [-0.39, 0.29) is 44.9 Å². The molecule has 0 bridgehead atoms. The third-order valence-corrected chi connectivity index (χ3v) is 8.72. The van der Waals surface area contributed by atoms with Crippen molar-refractivity contribution in [2.24, 2.45) is 0 Å². The van der Waals surface area contributed by atoms with E-state index in [1.807, 2.05) is 42.5 Å². The van der Waals surface area contributed by atoms with Crippen molar-refractivity contribution in [3.8, 4) is 17.0 Å². The Balaban J connectivity index is 0.889. The maximum atomic E-state index is 13.3. The number of rotatable bonds is 33. The Morgan fingerprint density at radius 3 is 1.68 bits per heavy atom. The number of pyridine rings is 1. The zero-order valence-corrected chi connectivity index (χ0v) is 33.7. The number of ether oxygens (including phenoxy) is 9. The first kappa shape index (κ1) is 47.3. The van der Waals surface area contributed by atoms with Gasteiger partial charge >= 0.3 is 5.97 Å². The van der Waals surface area contributed by atoms with Crippen LogP contribution in [0.4, 0.5) is 0 Å². The molecule has 59 heavy (non-hydrogen) atoms. The van der Waals surface area contributed by atoms with Gasteiger partial charge in [-0.3, -0.25) is 14.4 Å². The number of carbonyl (C=O) groups is 4. The molecular formula is C42H56N2O15. The number of aromatic nitrogens is 1. The number of methoxy groups -OCH3 is 1. The van der Waals surface area contributed by atoms with Crippen LogP contribution in [0.1, 0.15) is 48.0 Å². The number of amides is 2. The van der Waals surface area contributed by atoms with E-state index in [9.17, 15) is 24.3 Å². The van der Waals surface area contributed by atoms with E-state index in [0.717, 1.165) is 16.5 Å². The molecule has 2 amide bonds. The van der Waals surface area contributed by atoms with Crippen molar-refractivity contribution in [1.82, 2.24) is 10.0 Å². The summed E-state index contributed by atoms with van der Waals surface area (Å²) in [5.41, 5.74) is 3.46. The number of hydroxylamine groups is 2. The van der Waals surface area contributed by atoms with Crippen molar-refractivity contribution >= 4 is 34.5 Å². The number of imide groups is 1. The van der Waals surface area contributed by atoms with Crippen LogP contribution in [0, 0.1) is 0 Å². The monoisotopic (exact) mass is 828 g/mol. The summed E-state index contributed by atoms with van der Waals surface area (Å²) in [4.78, 5) is 57.4. The minimum absolute atomic E-state index is 0.0140. The minimum atomic E-state index is -0.706. The fourth-order valence-corrected chi connectivity index (χ4v) is 5.66. The molecule has 0 unspecified atom stereocenters. The van der Waals surface area contributed by atoms with E-state index < -0.39 is 17.8 Å². The van der Waals surface area contributed by atoms with Crippen molar-refractivity contribution in [1.29, 1.82) is 0 Å². The summed E-state index contributed by atoms with van der Waals surface area (Å²) in [6.07, 6.45) is 0.924. The smallest absolute Gasteiger partial charge is 0.335 e. The predicted molar refractivity (Wildman–Crippen MR) is 212 cm³/mol. The lowest BCUT2D eigenvalue weighted by molar-refractivity contribution is -0.198. The number of ketones is 1. The fourth-order valence-electron chi connectivity index (χ4n) is 5.66. The van der Waals surface area contributed by atoms with Gasteiger partial charge in [-0.1, -0.05) is 30.3 Å². The highest BCUT2D eigenvalue weighted by atomic mass is 16.7. The average molecular weight is 829 g/mol. The average Bonchev–Trinajstić information content (AvgIpc) is 3.57. The molecule has 324 valence electrons. The van der Waals surface area contributed by atoms with Crippen LogP contribution in [0.25, 0.3) is 22.2 Å². The van der Waals surface area contributed by atoms with Crippen LogP contribution in [0.15, 0.2) is 48.5 Å². The molecule has 1 saturated heterocycles. The van der Waals surface area contributed by atoms with E-state index in [4.69, 9.17) is 52.5 Å². The van der Waals surface area contributed by atoms with E-state index in [2.05, 4.69) is 0 Å². The van der Waals surface area contributed by atoms with Crippen LogP contribution in [-0.4, -0.2) is 152 Å². The van der Waals surface area contributed by atoms with Gasteiger partial charge in [0.1, 0.15) is 5.75 Å². The van der Waals surface area contributed by atoms with Gasteiger partial charge in [-0.15, -0.1) is 5.06 Å². The van der Waals surface area contributed by atoms with E-state index in [1.54, 1.807) is 13.2 Å². The molecule has 3 aromatic rings. The van der Waals surface area contributed by atoms with Gasteiger partial charge in [0.25, 0.3) is 11.8 Å². The number of hydrogen-bond acceptors (Lipinski definition) is 16. The Morgan fingerprint density at radius 2 is 1.15 bits per heavy atom. The molecule has 2 aromatic carbocycles. The topological polar surface area (TPSA) is 197 Å². The third-order valence-electron chi connectivity index (χ3n) is 8.72. The molecule has 1 aliphatic rings. The third kappa shape index (κ3) is 17.4. The lowest BCUT2D eigenvalue weighted by atomic mass is 9.98. The second-order valence-corrected chi connectivity index (χ2v) is 13.0. The molecular weight excluding hydrogens is 772 g/mol. The molecule has 0 saturated carbocycles. The van der Waals surface area contributed by atoms with Gasteiger partial charge in [0.15, 0.2) is 5.78 Å². The van der Waals surface area contributed by atoms with Gasteiger partial charge in [-0.05, 0) is 24.6 Å². The summed E-state index contributed by atoms with van der Waals surface area (Å²) < 4.78 is 49.3. The number of Topliss-reactive ketones (excluding diaryl/α,β-unsaturated/α-hetero) is 1. The zero-order valence-electron chi connectivity index (χ0n) is 33.7. The summed E-state index contributed by atoms with van der Waals surface area (Å²) in [6, 6.07) is 14.9. The number of benzene rings is 2. The largest absolute Gasteiger partial charge is 0.496 e. The first-order chi connectivity index (χ1) is 28.9. The predicted octanol–water partition coefficient (Wildman–Crippen LogP) is 3.50. The highest BCUT2D eigenvalue weighted by molar-refractivity contribution is 6.08. The first-order valence-electron chi connectivity index (χ1n) is 19.8. The van der Waals surface area contributed by atoms with Crippen molar-refractivity contribution < 1.29 is 71.8 Å². The number of fused-ring (bicyclic) bond motifs is 1. The highest BCUT2D eigenvalue weighted by Gasteiger charge is 2.32. The molecule has 17 nitrogen and oxygen atoms in total. The molecule has 1 aliphatic heterocycles. The van der Waals surface area contributed by atoms with Gasteiger partial charge in [0.2, 0.25) is 0 Å². The van der Waals surface area contributed by atoms with Crippen LogP contribution >= 0.6 is 0 Å². The summed E-state index contributed by atoms with van der Waals surface area (Å²) in [6.45, 7) is 6.08. The quantitative estimate of drug-likeness (QED) is 0.0532. The van der Waals surface area contributed by atoms with Crippen molar-refractivity contribution in [2.75, 3.05) is 113 Å². The summed E-state index contributed by atoms with van der Waals surface area (Å²) in [5.74, 6) is -1.16. The lowest BCUT2D eigenvalue weighted by Crippen LogP contribution is -2.32. The molecule has 0 atom stereocenters. The minimum Gasteiger partial charge on any atom is -0.496 e. The molecule has 4 rings (SSSR count). The van der Waals surface area contributed by atoms with E-state index in [1.165, 1.54) is 0 Å². The summed E-state index contributed by atoms with van der Waals surface area (Å²) >= 11 is 0. The van der Waals surface area contributed by atoms with Crippen molar-refractivity contribution in [3.05, 3.63) is 59.7 Å². The Labute approximate surface area is 344 Å². The Morgan fingerprint density at radius 1 is 0.644 bits per heavy atom. The van der Waals surface area contributed by atoms with Gasteiger partial charge in [-0.25, -0.2) is 9.78 Å². The van der Waals surface area contributed by atoms with Crippen molar-refractivity contribution in [2.45, 2.75) is 38.7 Å². The number of aliphatic hydroxyl groups is 1. The Hall–Kier alpha value is -4.43. The number of para-hydroxylation sites is 1. The number of aliphatic hydroxyl groups excluding tert-OH is 1. The van der Waals surface area contributed by atoms with Gasteiger partial charge in [0, 0.05) is 47.9 Å². The zero-order chi connectivity index (χ0) is 41.9. The first-order valence-corrected chi connectivity index (χ1v) is 19.8. The standard InChI is InChI=1S/C42H56N2O15/c1-50-39-29-32(8-9-33(39)31-45)37-30-35(34-5-2-3-6-36(34)43-37)38(46)7-4-13-51-15-17-53-19-21-55-23-25-57-27-28-58-26-24-56-22-20-54-18-16-52-14-12-42(49)59-44-40(47)10-11-41(44)48/h2-3,5-6,8-9,29-30,45H,4,7,10-28,31H2,1H3. The molecule has 2 heterocycles. The molecule has 1 aromatic heterocycles. The Kier molecular flexibility index (Phi) is 22.5. The Bertz CT molecular complexity index is 1720. The van der Waals surface area contributed by atoms with Gasteiger partial charge in [-0.2, -0.15) is 0 Å². The molecule has 0 spiro atoms. The molecule has 17 heteroatoms. The fraction of sp³-hybridized carbons (Fsp3) is 0.548. The SMILES string of the molecule is COc1cc(-c2cc(C(=O)CCCOCCOCCOCCOCCOCCOCCOCCOCCC(=O)ON3C(=O)CCC3=O)c3ccccc3n2)ccc1CO. The maximum absolute atomic E-state index is 13.3. The lowest BCUT2D eigenvalue weighted by Gasteiger charge is -2.12. The normalized spacial score (nSPS) is 12.8. The number of hydrogen-bond donors (Lipinski definition) is 1. The summed E-state index contributed by atoms with van der Waals surface area (Å²) in [5, 5.41) is 10.9. The number of carbonyl (C=O) groups excluding carboxylic acids is 4. The van der Waals surface area contributed by atoms with Crippen LogP contribution in [0.2, 0.25) is 0 Å². The highest BCUT2D eigenvalue weighted by Crippen LogP contribution is 2.30. The number of nitrogens with zero attached hydrogens (tertiary/aromatic N) is 2. The van der Waals surface area contributed by atoms with E-state index >= 15 is 0 Å². The molecule has 0 radical (unpaired) electrons. The van der Waals surface area contributed by atoms with E-state index in [0.29, 0.717) is 133 Å². The molecule has 1 fully saturated rings. The van der Waals surface area contributed by atoms with Crippen molar-refractivity contribution in [3.63, 3.8) is 0 Å². The molecule has 1 N–H and O–H groups in total.